The number of nitrogens with zero attached hydrogens (tertiary/aromatic N) is 2. The zero-order valence-electron chi connectivity index (χ0n) is 12.1. The second-order valence-corrected chi connectivity index (χ2v) is 6.63. The van der Waals surface area contributed by atoms with Crippen molar-refractivity contribution < 1.29 is 4.79 Å². The Morgan fingerprint density at radius 2 is 1.85 bits per heavy atom. The van der Waals surface area contributed by atoms with Crippen molar-refractivity contribution >= 4 is 27.7 Å². The Bertz CT molecular complexity index is 624. The van der Waals surface area contributed by atoms with Gasteiger partial charge < -0.3 is 5.32 Å². The van der Waals surface area contributed by atoms with E-state index in [9.17, 15) is 4.79 Å². The predicted molar refractivity (Wildman–Crippen MR) is 84.1 cm³/mol. The van der Waals surface area contributed by atoms with Crippen molar-refractivity contribution in [2.24, 2.45) is 0 Å². The van der Waals surface area contributed by atoms with Crippen molar-refractivity contribution in [3.8, 4) is 0 Å². The lowest BCUT2D eigenvalue weighted by atomic mass is 10.1. The van der Waals surface area contributed by atoms with Gasteiger partial charge in [-0.25, -0.2) is 4.68 Å². The lowest BCUT2D eigenvalue weighted by Crippen LogP contribution is -2.26. The molecule has 0 saturated carbocycles. The first-order valence-corrected chi connectivity index (χ1v) is 7.21. The first-order valence-electron chi connectivity index (χ1n) is 6.41. The van der Waals surface area contributed by atoms with Crippen LogP contribution in [0.2, 0.25) is 0 Å². The molecule has 2 rings (SSSR count). The third-order valence-corrected chi connectivity index (χ3v) is 3.34. The molecule has 0 fully saturated rings. The second-order valence-electron chi connectivity index (χ2n) is 5.71. The first-order chi connectivity index (χ1) is 9.27. The highest BCUT2D eigenvalue weighted by Crippen LogP contribution is 2.22. The summed E-state index contributed by atoms with van der Waals surface area (Å²) in [6.45, 7) is 8.07. The first kappa shape index (κ1) is 14.8. The molecule has 0 aliphatic heterocycles. The molecule has 5 heteroatoms. The normalized spacial score (nSPS) is 11.4. The molecule has 2 aromatic rings. The maximum atomic E-state index is 12.2. The molecule has 4 nitrogen and oxygen atoms in total. The van der Waals surface area contributed by atoms with Crippen LogP contribution in [0.5, 0.6) is 0 Å². The molecule has 1 heterocycles. The molecule has 0 atom stereocenters. The monoisotopic (exact) mass is 335 g/mol. The minimum absolute atomic E-state index is 0.136. The number of aryl methyl sites for hydroxylation is 1. The molecule has 0 unspecified atom stereocenters. The van der Waals surface area contributed by atoms with E-state index in [1.165, 1.54) is 0 Å². The summed E-state index contributed by atoms with van der Waals surface area (Å²) < 4.78 is 2.78. The van der Waals surface area contributed by atoms with Gasteiger partial charge in [-0.05, 0) is 52.0 Å². The molecular weight excluding hydrogens is 318 g/mol. The molecule has 106 valence electrons. The molecule has 0 aliphatic carbocycles. The highest BCUT2D eigenvalue weighted by molar-refractivity contribution is 9.10. The number of hydrogen-bond acceptors (Lipinski definition) is 2. The third-order valence-electron chi connectivity index (χ3n) is 2.81. The van der Waals surface area contributed by atoms with Crippen LogP contribution in [-0.2, 0) is 5.54 Å². The minimum atomic E-state index is -0.184. The molecule has 0 spiro atoms. The van der Waals surface area contributed by atoms with E-state index >= 15 is 0 Å². The van der Waals surface area contributed by atoms with Crippen molar-refractivity contribution in [2.45, 2.75) is 33.2 Å². The van der Waals surface area contributed by atoms with E-state index in [1.807, 2.05) is 29.8 Å². The third kappa shape index (κ3) is 3.28. The van der Waals surface area contributed by atoms with Gasteiger partial charge in [0.25, 0.3) is 5.91 Å². The highest BCUT2D eigenvalue weighted by Gasteiger charge is 2.20. The number of rotatable bonds is 2. The van der Waals surface area contributed by atoms with Gasteiger partial charge in [-0.15, -0.1) is 0 Å². The van der Waals surface area contributed by atoms with Crippen LogP contribution in [0.4, 0.5) is 5.82 Å². The molecule has 0 saturated heterocycles. The quantitative estimate of drug-likeness (QED) is 0.902. The average molecular weight is 336 g/mol. The van der Waals surface area contributed by atoms with Crippen molar-refractivity contribution in [1.29, 1.82) is 0 Å². The largest absolute Gasteiger partial charge is 0.307 e. The van der Waals surface area contributed by atoms with E-state index in [2.05, 4.69) is 47.1 Å². The van der Waals surface area contributed by atoms with Crippen LogP contribution in [0.1, 0.15) is 36.8 Å². The molecule has 1 aromatic carbocycles. The summed E-state index contributed by atoms with van der Waals surface area (Å²) in [5, 5.41) is 7.36. The van der Waals surface area contributed by atoms with Crippen LogP contribution in [-0.4, -0.2) is 15.7 Å². The maximum Gasteiger partial charge on any atom is 0.256 e. The molecule has 0 radical (unpaired) electrons. The minimum Gasteiger partial charge on any atom is -0.307 e. The fourth-order valence-corrected chi connectivity index (χ4v) is 2.15. The number of hydrogen-bond donors (Lipinski definition) is 1. The number of benzene rings is 1. The molecule has 1 aromatic heterocycles. The van der Waals surface area contributed by atoms with Gasteiger partial charge in [0.05, 0.1) is 11.2 Å². The molecular formula is C15H18BrN3O. The van der Waals surface area contributed by atoms with Gasteiger partial charge in [0, 0.05) is 16.1 Å². The fraction of sp³-hybridized carbons (Fsp3) is 0.333. The van der Waals surface area contributed by atoms with Gasteiger partial charge in [-0.3, -0.25) is 4.79 Å². The number of carbonyl (C=O) groups is 1. The van der Waals surface area contributed by atoms with E-state index in [4.69, 9.17) is 0 Å². The van der Waals surface area contributed by atoms with Crippen LogP contribution in [0.15, 0.2) is 34.8 Å². The van der Waals surface area contributed by atoms with Gasteiger partial charge >= 0.3 is 0 Å². The Balaban J connectivity index is 2.26. The summed E-state index contributed by atoms with van der Waals surface area (Å²) in [5.74, 6) is 0.575. The summed E-state index contributed by atoms with van der Waals surface area (Å²) in [4.78, 5) is 12.2. The summed E-state index contributed by atoms with van der Waals surface area (Å²) in [6, 6.07) is 9.14. The van der Waals surface area contributed by atoms with Crippen LogP contribution in [0.25, 0.3) is 0 Å². The van der Waals surface area contributed by atoms with Crippen molar-refractivity contribution in [1.82, 2.24) is 9.78 Å². The molecule has 1 amide bonds. The van der Waals surface area contributed by atoms with Crippen LogP contribution >= 0.6 is 15.9 Å². The Morgan fingerprint density at radius 3 is 2.40 bits per heavy atom. The van der Waals surface area contributed by atoms with Crippen molar-refractivity contribution in [2.75, 3.05) is 5.32 Å². The van der Waals surface area contributed by atoms with E-state index in [0.717, 1.165) is 10.2 Å². The topological polar surface area (TPSA) is 46.9 Å². The molecule has 20 heavy (non-hydrogen) atoms. The Hall–Kier alpha value is -1.62. The highest BCUT2D eigenvalue weighted by atomic mass is 79.9. The van der Waals surface area contributed by atoms with Gasteiger partial charge in [0.15, 0.2) is 0 Å². The second kappa shape index (κ2) is 5.40. The number of halogens is 1. The van der Waals surface area contributed by atoms with E-state index in [0.29, 0.717) is 11.4 Å². The molecule has 1 N–H and O–H groups in total. The van der Waals surface area contributed by atoms with E-state index in [-0.39, 0.29) is 11.4 Å². The van der Waals surface area contributed by atoms with Gasteiger partial charge in [0.2, 0.25) is 0 Å². The Labute approximate surface area is 127 Å². The zero-order valence-corrected chi connectivity index (χ0v) is 13.7. The number of aromatic nitrogens is 2. The zero-order chi connectivity index (χ0) is 14.9. The average Bonchev–Trinajstić information content (AvgIpc) is 2.71. The number of anilines is 1. The van der Waals surface area contributed by atoms with Gasteiger partial charge in [-0.1, -0.05) is 15.9 Å². The summed E-state index contributed by atoms with van der Waals surface area (Å²) >= 11 is 3.36. The number of amides is 1. The van der Waals surface area contributed by atoms with Gasteiger partial charge in [0.1, 0.15) is 5.82 Å². The SMILES string of the molecule is Cc1cc(NC(=O)c2ccc(Br)cc2)n(C(C)(C)C)n1. The molecule has 0 aliphatic rings. The predicted octanol–water partition coefficient (Wildman–Crippen LogP) is 3.96. The maximum absolute atomic E-state index is 12.2. The summed E-state index contributed by atoms with van der Waals surface area (Å²) in [5.41, 5.74) is 1.31. The standard InChI is InChI=1S/C15H18BrN3O/c1-10-9-13(19(18-10)15(2,3)4)17-14(20)11-5-7-12(16)8-6-11/h5-9H,1-4H3,(H,17,20). The number of nitrogens with one attached hydrogen (secondary N) is 1. The van der Waals surface area contributed by atoms with Crippen LogP contribution in [0, 0.1) is 6.92 Å². The summed E-state index contributed by atoms with van der Waals surface area (Å²) in [7, 11) is 0. The Kier molecular flexibility index (Phi) is 3.99. The fourth-order valence-electron chi connectivity index (χ4n) is 1.89. The lowest BCUT2D eigenvalue weighted by Gasteiger charge is -2.22. The van der Waals surface area contributed by atoms with Crippen LogP contribution in [0.3, 0.4) is 0 Å². The van der Waals surface area contributed by atoms with Gasteiger partial charge in [-0.2, -0.15) is 5.10 Å². The smallest absolute Gasteiger partial charge is 0.256 e. The van der Waals surface area contributed by atoms with Crippen molar-refractivity contribution in [3.63, 3.8) is 0 Å². The summed E-state index contributed by atoms with van der Waals surface area (Å²) in [6.07, 6.45) is 0. The van der Waals surface area contributed by atoms with Crippen molar-refractivity contribution in [3.05, 3.63) is 46.1 Å². The number of carbonyl (C=O) groups excluding carboxylic acids is 1. The van der Waals surface area contributed by atoms with E-state index in [1.54, 1.807) is 12.1 Å². The Morgan fingerprint density at radius 1 is 1.25 bits per heavy atom. The lowest BCUT2D eigenvalue weighted by molar-refractivity contribution is 0.102. The van der Waals surface area contributed by atoms with E-state index < -0.39 is 0 Å². The van der Waals surface area contributed by atoms with Crippen LogP contribution < -0.4 is 5.32 Å². The molecule has 0 bridgehead atoms.